The van der Waals surface area contributed by atoms with Crippen molar-refractivity contribution in [2.75, 3.05) is 0 Å². The topological polar surface area (TPSA) is 49.3 Å². The van der Waals surface area contributed by atoms with E-state index in [-0.39, 0.29) is 5.91 Å². The fourth-order valence-electron chi connectivity index (χ4n) is 1.18. The Morgan fingerprint density at radius 3 is 2.39 bits per heavy atom. The van der Waals surface area contributed by atoms with Crippen LogP contribution >= 0.6 is 27.5 Å². The maximum Gasteiger partial charge on any atom is 0.252 e. The van der Waals surface area contributed by atoms with Crippen molar-refractivity contribution in [2.45, 2.75) is 38.8 Å². The summed E-state index contributed by atoms with van der Waals surface area (Å²) in [6.45, 7) is 6.84. The molecule has 0 aliphatic rings. The van der Waals surface area contributed by atoms with Gasteiger partial charge in [-0.25, -0.2) is 0 Å². The number of carbonyl (C=O) groups is 1. The van der Waals surface area contributed by atoms with Crippen molar-refractivity contribution in [2.24, 2.45) is 0 Å². The molecule has 0 aliphatic carbocycles. The molecule has 0 unspecified atom stereocenters. The number of carbonyl (C=O) groups excluding carboxylic acids is 1. The van der Waals surface area contributed by atoms with Crippen molar-refractivity contribution in [3.05, 3.63) is 33.3 Å². The van der Waals surface area contributed by atoms with E-state index < -0.39 is 11.1 Å². The van der Waals surface area contributed by atoms with Crippen molar-refractivity contribution >= 4 is 33.4 Å². The molecule has 5 heteroatoms. The second-order valence-corrected chi connectivity index (χ2v) is 6.55. The van der Waals surface area contributed by atoms with Crippen molar-refractivity contribution < 1.29 is 9.90 Å². The van der Waals surface area contributed by atoms with E-state index in [1.807, 2.05) is 0 Å². The predicted molar refractivity (Wildman–Crippen MR) is 77.0 cm³/mol. The lowest BCUT2D eigenvalue weighted by Gasteiger charge is -2.38. The number of rotatable bonds is 3. The van der Waals surface area contributed by atoms with E-state index in [2.05, 4.69) is 21.2 Å². The number of benzene rings is 1. The summed E-state index contributed by atoms with van der Waals surface area (Å²) >= 11 is 9.18. The summed E-state index contributed by atoms with van der Waals surface area (Å²) < 4.78 is 0.663. The molecule has 100 valence electrons. The summed E-state index contributed by atoms with van der Waals surface area (Å²) in [6, 6.07) is 5.00. The molecule has 0 heterocycles. The minimum absolute atomic E-state index is 0.281. The van der Waals surface area contributed by atoms with Crippen LogP contribution < -0.4 is 5.32 Å². The van der Waals surface area contributed by atoms with E-state index in [4.69, 9.17) is 11.6 Å². The van der Waals surface area contributed by atoms with Crippen LogP contribution in [0.5, 0.6) is 0 Å². The van der Waals surface area contributed by atoms with Crippen LogP contribution in [0, 0.1) is 0 Å². The zero-order valence-electron chi connectivity index (χ0n) is 10.8. The third-order valence-corrected chi connectivity index (χ3v) is 4.06. The summed E-state index contributed by atoms with van der Waals surface area (Å²) in [5.41, 5.74) is -1.35. The predicted octanol–water partition coefficient (Wildman–Crippen LogP) is 3.38. The first-order chi connectivity index (χ1) is 8.04. The Balaban J connectivity index is 3.00. The summed E-state index contributed by atoms with van der Waals surface area (Å²) in [6.07, 6.45) is 0. The molecule has 0 fully saturated rings. The van der Waals surface area contributed by atoms with E-state index in [0.717, 1.165) is 0 Å². The Labute approximate surface area is 121 Å². The van der Waals surface area contributed by atoms with Crippen LogP contribution in [-0.4, -0.2) is 22.2 Å². The third-order valence-electron chi connectivity index (χ3n) is 3.13. The molecule has 0 aliphatic heterocycles. The van der Waals surface area contributed by atoms with Crippen LogP contribution in [0.3, 0.4) is 0 Å². The zero-order chi connectivity index (χ0) is 14.1. The molecular weight excluding hydrogens is 318 g/mol. The van der Waals surface area contributed by atoms with Crippen LogP contribution in [0.4, 0.5) is 0 Å². The third kappa shape index (κ3) is 3.46. The van der Waals surface area contributed by atoms with Crippen molar-refractivity contribution in [3.63, 3.8) is 0 Å². The summed E-state index contributed by atoms with van der Waals surface area (Å²) in [5, 5.41) is 13.3. The summed E-state index contributed by atoms with van der Waals surface area (Å²) in [4.78, 5) is 12.2. The van der Waals surface area contributed by atoms with E-state index >= 15 is 0 Å². The number of amides is 1. The smallest absolute Gasteiger partial charge is 0.252 e. The lowest BCUT2D eigenvalue weighted by molar-refractivity contribution is -0.00294. The molecule has 0 aromatic heterocycles. The average Bonchev–Trinajstić information content (AvgIpc) is 2.19. The molecule has 0 bridgehead atoms. The van der Waals surface area contributed by atoms with Gasteiger partial charge in [0, 0.05) is 9.50 Å². The molecule has 0 saturated carbocycles. The molecule has 2 N–H and O–H groups in total. The molecule has 0 radical (unpaired) electrons. The Hall–Kier alpha value is -0.580. The summed E-state index contributed by atoms with van der Waals surface area (Å²) in [7, 11) is 0. The largest absolute Gasteiger partial charge is 0.388 e. The van der Waals surface area contributed by atoms with E-state index in [1.54, 1.807) is 45.9 Å². The SMILES string of the molecule is CC(C)(O)C(C)(C)NC(=O)c1cc(Cl)ccc1Br. The molecule has 1 aromatic carbocycles. The van der Waals surface area contributed by atoms with Gasteiger partial charge in [0.15, 0.2) is 0 Å². The molecule has 18 heavy (non-hydrogen) atoms. The van der Waals surface area contributed by atoms with Gasteiger partial charge in [0.1, 0.15) is 0 Å². The normalized spacial score (nSPS) is 12.4. The molecule has 0 spiro atoms. The quantitative estimate of drug-likeness (QED) is 0.890. The van der Waals surface area contributed by atoms with Crippen molar-refractivity contribution in [1.82, 2.24) is 5.32 Å². The highest BCUT2D eigenvalue weighted by Gasteiger charge is 2.36. The number of hydrogen-bond donors (Lipinski definition) is 2. The Kier molecular flexibility index (Phi) is 4.47. The fourth-order valence-corrected chi connectivity index (χ4v) is 1.77. The lowest BCUT2D eigenvalue weighted by atomic mass is 9.86. The first-order valence-electron chi connectivity index (χ1n) is 5.54. The summed E-state index contributed by atoms with van der Waals surface area (Å²) in [5.74, 6) is -0.281. The van der Waals surface area contributed by atoms with E-state index in [9.17, 15) is 9.90 Å². The highest BCUT2D eigenvalue weighted by atomic mass is 79.9. The second-order valence-electron chi connectivity index (χ2n) is 5.26. The molecule has 1 aromatic rings. The highest BCUT2D eigenvalue weighted by Crippen LogP contribution is 2.24. The lowest BCUT2D eigenvalue weighted by Crippen LogP contribution is -2.57. The van der Waals surface area contributed by atoms with E-state index in [0.29, 0.717) is 15.1 Å². The van der Waals surface area contributed by atoms with Crippen LogP contribution in [0.25, 0.3) is 0 Å². The molecular formula is C13H17BrClNO2. The molecule has 1 rings (SSSR count). The van der Waals surface area contributed by atoms with Crippen LogP contribution in [0.1, 0.15) is 38.1 Å². The fraction of sp³-hybridized carbons (Fsp3) is 0.462. The van der Waals surface area contributed by atoms with E-state index in [1.165, 1.54) is 0 Å². The van der Waals surface area contributed by atoms with Gasteiger partial charge in [0.05, 0.1) is 16.7 Å². The molecule has 0 saturated heterocycles. The van der Waals surface area contributed by atoms with Gasteiger partial charge in [-0.3, -0.25) is 4.79 Å². The van der Waals surface area contributed by atoms with Gasteiger partial charge in [0.25, 0.3) is 5.91 Å². The maximum absolute atomic E-state index is 12.2. The first kappa shape index (κ1) is 15.5. The first-order valence-corrected chi connectivity index (χ1v) is 6.71. The molecule has 0 atom stereocenters. The standard InChI is InChI=1S/C13H17BrClNO2/c1-12(2,13(3,4)18)16-11(17)9-7-8(15)5-6-10(9)14/h5-7,18H,1-4H3,(H,16,17). The van der Waals surface area contributed by atoms with Gasteiger partial charge in [-0.2, -0.15) is 0 Å². The number of hydrogen-bond acceptors (Lipinski definition) is 2. The Morgan fingerprint density at radius 1 is 1.33 bits per heavy atom. The van der Waals surface area contributed by atoms with Crippen molar-refractivity contribution in [1.29, 1.82) is 0 Å². The zero-order valence-corrected chi connectivity index (χ0v) is 13.2. The highest BCUT2D eigenvalue weighted by molar-refractivity contribution is 9.10. The van der Waals surface area contributed by atoms with Crippen molar-refractivity contribution in [3.8, 4) is 0 Å². The van der Waals surface area contributed by atoms with Gasteiger partial charge in [0.2, 0.25) is 0 Å². The van der Waals surface area contributed by atoms with Crippen LogP contribution in [-0.2, 0) is 0 Å². The Bertz CT molecular complexity index is 467. The number of aliphatic hydroxyl groups is 1. The minimum Gasteiger partial charge on any atom is -0.388 e. The van der Waals surface area contributed by atoms with Gasteiger partial charge < -0.3 is 10.4 Å². The number of nitrogens with one attached hydrogen (secondary N) is 1. The number of halogens is 2. The molecule has 3 nitrogen and oxygen atoms in total. The Morgan fingerprint density at radius 2 is 1.89 bits per heavy atom. The second kappa shape index (κ2) is 5.19. The van der Waals surface area contributed by atoms with Gasteiger partial charge in [-0.15, -0.1) is 0 Å². The van der Waals surface area contributed by atoms with Gasteiger partial charge in [-0.1, -0.05) is 11.6 Å². The minimum atomic E-state index is -1.03. The van der Waals surface area contributed by atoms with Crippen LogP contribution in [0.2, 0.25) is 5.02 Å². The van der Waals surface area contributed by atoms with Gasteiger partial charge >= 0.3 is 0 Å². The molecule has 1 amide bonds. The monoisotopic (exact) mass is 333 g/mol. The van der Waals surface area contributed by atoms with Crippen LogP contribution in [0.15, 0.2) is 22.7 Å². The average molecular weight is 335 g/mol. The maximum atomic E-state index is 12.2. The van der Waals surface area contributed by atoms with Gasteiger partial charge in [-0.05, 0) is 61.8 Å².